The van der Waals surface area contributed by atoms with Gasteiger partial charge < -0.3 is 9.80 Å². The molecular weight excluding hydrogens is 437 g/mol. The second-order valence-corrected chi connectivity index (χ2v) is 8.70. The smallest absolute Gasteiger partial charge is 0.364 e. The molecule has 172 valence electrons. The van der Waals surface area contributed by atoms with Crippen molar-refractivity contribution in [3.63, 3.8) is 0 Å². The molecule has 0 unspecified atom stereocenters. The number of nitrogens with zero attached hydrogens (tertiary/aromatic N) is 3. The van der Waals surface area contributed by atoms with E-state index >= 15 is 0 Å². The maximum atomic E-state index is 14.0. The molecule has 2 aromatic rings. The van der Waals surface area contributed by atoms with Gasteiger partial charge in [0.25, 0.3) is 5.91 Å². The lowest BCUT2D eigenvalue weighted by Gasteiger charge is -2.55. The highest BCUT2D eigenvalue weighted by Gasteiger charge is 2.63. The number of hydrogen-bond donors (Lipinski definition) is 1. The molecule has 2 atom stereocenters. The van der Waals surface area contributed by atoms with Crippen molar-refractivity contribution >= 4 is 29.2 Å². The van der Waals surface area contributed by atoms with Gasteiger partial charge in [-0.25, -0.2) is 9.69 Å². The molecule has 2 aromatic carbocycles. The summed E-state index contributed by atoms with van der Waals surface area (Å²) in [6.07, 6.45) is -4.80. The molecule has 0 radical (unpaired) electrons. The second-order valence-electron chi connectivity index (χ2n) is 8.70. The zero-order valence-corrected chi connectivity index (χ0v) is 17.7. The van der Waals surface area contributed by atoms with Crippen LogP contribution < -0.4 is 15.1 Å². The molecule has 7 nitrogen and oxygen atoms in total. The first-order valence-electron chi connectivity index (χ1n) is 10.5. The highest BCUT2D eigenvalue weighted by Crippen LogP contribution is 2.47. The van der Waals surface area contributed by atoms with Crippen LogP contribution in [0, 0.1) is 5.41 Å². The van der Waals surface area contributed by atoms with Crippen molar-refractivity contribution in [2.45, 2.75) is 18.6 Å². The number of alkyl halides is 3. The topological polar surface area (TPSA) is 73.0 Å². The quantitative estimate of drug-likeness (QED) is 0.666. The summed E-state index contributed by atoms with van der Waals surface area (Å²) in [6.45, 7) is 1.39. The van der Waals surface area contributed by atoms with E-state index in [-0.39, 0.29) is 17.7 Å². The Balaban J connectivity index is 1.68. The summed E-state index contributed by atoms with van der Waals surface area (Å²) in [5, 5.41) is 2.30. The van der Waals surface area contributed by atoms with Gasteiger partial charge in [-0.1, -0.05) is 18.2 Å². The summed E-state index contributed by atoms with van der Waals surface area (Å²) in [4.78, 5) is 44.8. The molecule has 2 fully saturated rings. The van der Waals surface area contributed by atoms with E-state index < -0.39 is 41.0 Å². The molecule has 33 heavy (non-hydrogen) atoms. The van der Waals surface area contributed by atoms with E-state index in [1.54, 1.807) is 30.3 Å². The molecule has 0 aromatic heterocycles. The van der Waals surface area contributed by atoms with Crippen molar-refractivity contribution in [1.29, 1.82) is 0 Å². The van der Waals surface area contributed by atoms with E-state index in [0.717, 1.165) is 17.0 Å². The first-order chi connectivity index (χ1) is 15.6. The van der Waals surface area contributed by atoms with E-state index in [2.05, 4.69) is 5.32 Å². The lowest BCUT2D eigenvalue weighted by Crippen LogP contribution is -2.75. The third-order valence-electron chi connectivity index (χ3n) is 6.77. The van der Waals surface area contributed by atoms with Gasteiger partial charge in [-0.2, -0.15) is 13.2 Å². The zero-order valence-electron chi connectivity index (χ0n) is 17.7. The number of hydrogen-bond acceptors (Lipinski definition) is 5. The fourth-order valence-electron chi connectivity index (χ4n) is 5.15. The molecule has 1 N–H and O–H groups in total. The van der Waals surface area contributed by atoms with E-state index in [9.17, 15) is 27.6 Å². The Morgan fingerprint density at radius 2 is 1.76 bits per heavy atom. The highest BCUT2D eigenvalue weighted by molar-refractivity contribution is 6.30. The number of likely N-dealkylation sites (N-methyl/N-ethyl adjacent to an activating group) is 1. The van der Waals surface area contributed by atoms with E-state index in [0.29, 0.717) is 25.3 Å². The number of urea groups is 1. The average Bonchev–Trinajstić information content (AvgIpc) is 2.77. The number of benzene rings is 2. The molecule has 10 heteroatoms. The number of piperazine rings is 1. The van der Waals surface area contributed by atoms with Crippen molar-refractivity contribution in [3.05, 3.63) is 59.7 Å². The number of para-hydroxylation sites is 1. The predicted octanol–water partition coefficient (Wildman–Crippen LogP) is 2.65. The Bertz CT molecular complexity index is 1150. The Kier molecular flexibility index (Phi) is 4.75. The van der Waals surface area contributed by atoms with Crippen LogP contribution in [0.4, 0.5) is 29.3 Å². The van der Waals surface area contributed by atoms with Gasteiger partial charge in [-0.05, 0) is 49.4 Å². The Morgan fingerprint density at radius 3 is 2.45 bits per heavy atom. The molecule has 2 saturated heterocycles. The van der Waals surface area contributed by atoms with Crippen LogP contribution in [0.1, 0.15) is 11.1 Å². The minimum absolute atomic E-state index is 0.234. The van der Waals surface area contributed by atoms with Crippen LogP contribution >= 0.6 is 0 Å². The summed E-state index contributed by atoms with van der Waals surface area (Å²) in [6, 6.07) is 10.1. The lowest BCUT2D eigenvalue weighted by molar-refractivity contribution is -0.145. The number of halogens is 3. The van der Waals surface area contributed by atoms with Gasteiger partial charge in [0.05, 0.1) is 17.3 Å². The van der Waals surface area contributed by atoms with Gasteiger partial charge in [0.15, 0.2) is 5.41 Å². The maximum absolute atomic E-state index is 14.0. The minimum Gasteiger partial charge on any atom is -0.364 e. The fourth-order valence-corrected chi connectivity index (χ4v) is 5.15. The van der Waals surface area contributed by atoms with Gasteiger partial charge in [-0.3, -0.25) is 14.9 Å². The second kappa shape index (κ2) is 7.31. The largest absolute Gasteiger partial charge is 0.416 e. The number of carbonyl (C=O) groups is 3. The van der Waals surface area contributed by atoms with Crippen LogP contribution in [0.3, 0.4) is 0 Å². The van der Waals surface area contributed by atoms with Gasteiger partial charge in [0.1, 0.15) is 0 Å². The molecule has 1 spiro atoms. The normalized spacial score (nSPS) is 25.7. The van der Waals surface area contributed by atoms with Crippen LogP contribution in [-0.2, 0) is 22.2 Å². The minimum atomic E-state index is -4.56. The van der Waals surface area contributed by atoms with Crippen molar-refractivity contribution in [2.24, 2.45) is 5.41 Å². The standard InChI is InChI=1S/C23H21F3N4O3/c1-28-9-10-29-17-8-7-15(23(24,25)26)11-14(17)12-22(18(29)13-28)19(31)27-21(33)30(20(22)32)16-5-3-2-4-6-16/h2-8,11,18H,9-10,12-13H2,1H3,(H,27,31,33)/t18-,22+/m0/s1. The van der Waals surface area contributed by atoms with Crippen LogP contribution in [-0.4, -0.2) is 55.5 Å². The monoisotopic (exact) mass is 458 g/mol. The molecule has 3 aliphatic rings. The van der Waals surface area contributed by atoms with Gasteiger partial charge in [0.2, 0.25) is 5.91 Å². The van der Waals surface area contributed by atoms with Gasteiger partial charge in [0, 0.05) is 25.3 Å². The molecule has 3 aliphatic heterocycles. The van der Waals surface area contributed by atoms with Crippen molar-refractivity contribution in [2.75, 3.05) is 36.5 Å². The molecule has 0 aliphatic carbocycles. The van der Waals surface area contributed by atoms with Gasteiger partial charge in [-0.15, -0.1) is 0 Å². The summed E-state index contributed by atoms with van der Waals surface area (Å²) in [5.41, 5.74) is -1.47. The van der Waals surface area contributed by atoms with E-state index in [1.807, 2.05) is 16.8 Å². The van der Waals surface area contributed by atoms with Crippen LogP contribution in [0.2, 0.25) is 0 Å². The number of anilines is 2. The van der Waals surface area contributed by atoms with Crippen molar-refractivity contribution in [3.8, 4) is 0 Å². The third kappa shape index (κ3) is 3.19. The molecule has 0 saturated carbocycles. The van der Waals surface area contributed by atoms with Crippen molar-refractivity contribution < 1.29 is 27.6 Å². The van der Waals surface area contributed by atoms with Gasteiger partial charge >= 0.3 is 12.2 Å². The first-order valence-corrected chi connectivity index (χ1v) is 10.5. The van der Waals surface area contributed by atoms with E-state index in [4.69, 9.17) is 0 Å². The number of fused-ring (bicyclic) bond motifs is 4. The highest BCUT2D eigenvalue weighted by atomic mass is 19.4. The maximum Gasteiger partial charge on any atom is 0.416 e. The predicted molar refractivity (Wildman–Crippen MR) is 114 cm³/mol. The zero-order chi connectivity index (χ0) is 23.5. The fraction of sp³-hybridized carbons (Fsp3) is 0.348. The molecule has 5 rings (SSSR count). The summed E-state index contributed by atoms with van der Waals surface area (Å²) < 4.78 is 40.3. The number of nitrogens with one attached hydrogen (secondary N) is 1. The van der Waals surface area contributed by atoms with Crippen LogP contribution in [0.15, 0.2) is 48.5 Å². The molecule has 4 amide bonds. The Labute approximate surface area is 187 Å². The number of amides is 4. The summed E-state index contributed by atoms with van der Waals surface area (Å²) in [7, 11) is 1.86. The first kappa shape index (κ1) is 21.4. The molecule has 0 bridgehead atoms. The Morgan fingerprint density at radius 1 is 1.03 bits per heavy atom. The third-order valence-corrected chi connectivity index (χ3v) is 6.77. The van der Waals surface area contributed by atoms with Crippen molar-refractivity contribution in [1.82, 2.24) is 10.2 Å². The van der Waals surface area contributed by atoms with E-state index in [1.165, 1.54) is 6.07 Å². The average molecular weight is 458 g/mol. The Hall–Kier alpha value is -3.40. The number of rotatable bonds is 1. The summed E-state index contributed by atoms with van der Waals surface area (Å²) in [5.74, 6) is -1.51. The number of barbiturate groups is 1. The van der Waals surface area contributed by atoms with Crippen LogP contribution in [0.25, 0.3) is 0 Å². The molecule has 3 heterocycles. The van der Waals surface area contributed by atoms with Crippen LogP contribution in [0.5, 0.6) is 0 Å². The summed E-state index contributed by atoms with van der Waals surface area (Å²) >= 11 is 0. The number of imide groups is 2. The SMILES string of the molecule is CN1CCN2c3ccc(C(F)(F)F)cc3C[C@]3(C(=O)NC(=O)N(c4ccccc4)C3=O)[C@@H]2C1. The number of carbonyl (C=O) groups excluding carboxylic acids is 3. The lowest BCUT2D eigenvalue weighted by atomic mass is 9.67. The molecular formula is C23H21F3N4O3.